The normalized spacial score (nSPS) is 10.8. The standard InChI is InChI=1S/C25H25N3/c1-3-28(22-17-11-6-12-18-22)19-23-26-24(20-13-7-4-8-14-20)25(27(23)2)21-15-9-5-10-16-21/h4-18H,3,19H2,1-2H3. The second kappa shape index (κ2) is 8.13. The summed E-state index contributed by atoms with van der Waals surface area (Å²) in [7, 11) is 2.12. The molecule has 0 unspecified atom stereocenters. The number of para-hydroxylation sites is 1. The average Bonchev–Trinajstić information content (AvgIpc) is 3.10. The van der Waals surface area contributed by atoms with Crippen molar-refractivity contribution in [1.82, 2.24) is 9.55 Å². The van der Waals surface area contributed by atoms with Gasteiger partial charge in [0, 0.05) is 30.4 Å². The first kappa shape index (κ1) is 18.1. The third kappa shape index (κ3) is 3.56. The Morgan fingerprint density at radius 1 is 0.750 bits per heavy atom. The molecule has 0 atom stereocenters. The van der Waals surface area contributed by atoms with Gasteiger partial charge in [-0.05, 0) is 19.1 Å². The van der Waals surface area contributed by atoms with Crippen LogP contribution in [0.2, 0.25) is 0 Å². The SMILES string of the molecule is CCN(Cc1nc(-c2ccccc2)c(-c2ccccc2)n1C)c1ccccc1. The molecule has 3 nitrogen and oxygen atoms in total. The molecule has 0 aliphatic rings. The van der Waals surface area contributed by atoms with Gasteiger partial charge < -0.3 is 9.47 Å². The summed E-state index contributed by atoms with van der Waals surface area (Å²) >= 11 is 0. The van der Waals surface area contributed by atoms with Gasteiger partial charge in [-0.25, -0.2) is 4.98 Å². The van der Waals surface area contributed by atoms with Crippen LogP contribution in [0.25, 0.3) is 22.5 Å². The zero-order valence-corrected chi connectivity index (χ0v) is 16.4. The number of hydrogen-bond acceptors (Lipinski definition) is 2. The van der Waals surface area contributed by atoms with Crippen molar-refractivity contribution in [3.63, 3.8) is 0 Å². The van der Waals surface area contributed by atoms with Crippen LogP contribution in [-0.4, -0.2) is 16.1 Å². The number of imidazole rings is 1. The van der Waals surface area contributed by atoms with E-state index in [1.807, 2.05) is 6.07 Å². The van der Waals surface area contributed by atoms with Gasteiger partial charge in [-0.15, -0.1) is 0 Å². The predicted octanol–water partition coefficient (Wildman–Crippen LogP) is 5.78. The number of aromatic nitrogens is 2. The molecule has 0 spiro atoms. The molecule has 0 saturated heterocycles. The molecule has 0 amide bonds. The molecular formula is C25H25N3. The van der Waals surface area contributed by atoms with Gasteiger partial charge in [0.05, 0.1) is 17.9 Å². The fraction of sp³-hybridized carbons (Fsp3) is 0.160. The summed E-state index contributed by atoms with van der Waals surface area (Å²) < 4.78 is 2.24. The smallest absolute Gasteiger partial charge is 0.129 e. The molecule has 0 fully saturated rings. The molecule has 3 aromatic carbocycles. The lowest BCUT2D eigenvalue weighted by Gasteiger charge is -2.22. The number of nitrogens with zero attached hydrogens (tertiary/aromatic N) is 3. The van der Waals surface area contributed by atoms with E-state index in [1.165, 1.54) is 11.3 Å². The van der Waals surface area contributed by atoms with Gasteiger partial charge in [-0.3, -0.25) is 0 Å². The van der Waals surface area contributed by atoms with Crippen LogP contribution in [0.4, 0.5) is 5.69 Å². The molecular weight excluding hydrogens is 342 g/mol. The van der Waals surface area contributed by atoms with Crippen LogP contribution in [-0.2, 0) is 13.6 Å². The van der Waals surface area contributed by atoms with E-state index in [4.69, 9.17) is 4.98 Å². The van der Waals surface area contributed by atoms with E-state index < -0.39 is 0 Å². The quantitative estimate of drug-likeness (QED) is 0.431. The van der Waals surface area contributed by atoms with Gasteiger partial charge in [-0.2, -0.15) is 0 Å². The monoisotopic (exact) mass is 367 g/mol. The highest BCUT2D eigenvalue weighted by atomic mass is 15.2. The molecule has 4 aromatic rings. The predicted molar refractivity (Wildman–Crippen MR) is 117 cm³/mol. The molecule has 0 aliphatic heterocycles. The third-order valence-corrected chi connectivity index (χ3v) is 5.12. The van der Waals surface area contributed by atoms with Gasteiger partial charge in [-0.1, -0.05) is 78.9 Å². The summed E-state index contributed by atoms with van der Waals surface area (Å²) in [6, 6.07) is 31.5. The minimum atomic E-state index is 0.768. The highest BCUT2D eigenvalue weighted by Gasteiger charge is 2.19. The van der Waals surface area contributed by atoms with Crippen LogP contribution >= 0.6 is 0 Å². The summed E-state index contributed by atoms with van der Waals surface area (Å²) in [6.45, 7) is 3.88. The molecule has 28 heavy (non-hydrogen) atoms. The van der Waals surface area contributed by atoms with Crippen LogP contribution in [0.1, 0.15) is 12.7 Å². The minimum Gasteiger partial charge on any atom is -0.364 e. The number of hydrogen-bond donors (Lipinski definition) is 0. The van der Waals surface area contributed by atoms with Gasteiger partial charge in [0.2, 0.25) is 0 Å². The second-order valence-corrected chi connectivity index (χ2v) is 6.87. The van der Waals surface area contributed by atoms with E-state index in [9.17, 15) is 0 Å². The van der Waals surface area contributed by atoms with Gasteiger partial charge in [0.25, 0.3) is 0 Å². The highest BCUT2D eigenvalue weighted by molar-refractivity contribution is 5.79. The molecule has 140 valence electrons. The molecule has 0 aliphatic carbocycles. The van der Waals surface area contributed by atoms with Gasteiger partial charge in [0.15, 0.2) is 0 Å². The summed E-state index contributed by atoms with van der Waals surface area (Å²) in [4.78, 5) is 7.44. The van der Waals surface area contributed by atoms with E-state index in [0.29, 0.717) is 0 Å². The largest absolute Gasteiger partial charge is 0.364 e. The summed E-state index contributed by atoms with van der Waals surface area (Å²) in [5.41, 5.74) is 5.74. The first-order valence-electron chi connectivity index (χ1n) is 9.74. The lowest BCUT2D eigenvalue weighted by molar-refractivity contribution is 0.733. The van der Waals surface area contributed by atoms with E-state index in [2.05, 4.69) is 108 Å². The second-order valence-electron chi connectivity index (χ2n) is 6.87. The maximum absolute atomic E-state index is 5.09. The maximum Gasteiger partial charge on any atom is 0.129 e. The Morgan fingerprint density at radius 2 is 1.29 bits per heavy atom. The minimum absolute atomic E-state index is 0.768. The Hall–Kier alpha value is -3.33. The molecule has 0 saturated carbocycles. The first-order valence-corrected chi connectivity index (χ1v) is 9.74. The summed E-state index contributed by atoms with van der Waals surface area (Å²) in [5, 5.41) is 0. The van der Waals surface area contributed by atoms with E-state index in [-0.39, 0.29) is 0 Å². The Kier molecular flexibility index (Phi) is 5.24. The zero-order valence-electron chi connectivity index (χ0n) is 16.4. The lowest BCUT2D eigenvalue weighted by atomic mass is 10.1. The molecule has 1 heterocycles. The molecule has 0 N–H and O–H groups in total. The number of rotatable bonds is 6. The summed E-state index contributed by atoms with van der Waals surface area (Å²) in [6.07, 6.45) is 0. The number of anilines is 1. The molecule has 0 bridgehead atoms. The van der Waals surface area contributed by atoms with Crippen molar-refractivity contribution in [2.24, 2.45) is 7.05 Å². The molecule has 1 aromatic heterocycles. The third-order valence-electron chi connectivity index (χ3n) is 5.12. The van der Waals surface area contributed by atoms with Crippen LogP contribution in [0.15, 0.2) is 91.0 Å². The maximum atomic E-state index is 5.09. The van der Waals surface area contributed by atoms with Crippen molar-refractivity contribution < 1.29 is 0 Å². The molecule has 0 radical (unpaired) electrons. The van der Waals surface area contributed by atoms with Crippen molar-refractivity contribution in [2.45, 2.75) is 13.5 Å². The van der Waals surface area contributed by atoms with E-state index in [1.54, 1.807) is 0 Å². The Morgan fingerprint density at radius 3 is 1.86 bits per heavy atom. The van der Waals surface area contributed by atoms with Crippen molar-refractivity contribution in [3.8, 4) is 22.5 Å². The average molecular weight is 367 g/mol. The van der Waals surface area contributed by atoms with Crippen LogP contribution < -0.4 is 4.90 Å². The zero-order chi connectivity index (χ0) is 19.3. The van der Waals surface area contributed by atoms with Crippen LogP contribution in [0.3, 0.4) is 0 Å². The first-order chi connectivity index (χ1) is 13.8. The Labute approximate surface area is 166 Å². The van der Waals surface area contributed by atoms with Crippen molar-refractivity contribution in [3.05, 3.63) is 96.8 Å². The lowest BCUT2D eigenvalue weighted by Crippen LogP contribution is -2.23. The fourth-order valence-electron chi connectivity index (χ4n) is 3.61. The van der Waals surface area contributed by atoms with Gasteiger partial charge in [0.1, 0.15) is 5.82 Å². The van der Waals surface area contributed by atoms with Crippen molar-refractivity contribution in [2.75, 3.05) is 11.4 Å². The van der Waals surface area contributed by atoms with E-state index >= 15 is 0 Å². The topological polar surface area (TPSA) is 21.1 Å². The highest BCUT2D eigenvalue weighted by Crippen LogP contribution is 2.32. The molecule has 3 heteroatoms. The van der Waals surface area contributed by atoms with Crippen LogP contribution in [0.5, 0.6) is 0 Å². The fourth-order valence-corrected chi connectivity index (χ4v) is 3.61. The van der Waals surface area contributed by atoms with Gasteiger partial charge >= 0.3 is 0 Å². The Bertz CT molecular complexity index is 1020. The van der Waals surface area contributed by atoms with E-state index in [0.717, 1.165) is 35.9 Å². The number of benzene rings is 3. The van der Waals surface area contributed by atoms with Crippen molar-refractivity contribution in [1.29, 1.82) is 0 Å². The summed E-state index contributed by atoms with van der Waals surface area (Å²) in [5.74, 6) is 1.06. The Balaban J connectivity index is 1.80. The van der Waals surface area contributed by atoms with Crippen molar-refractivity contribution >= 4 is 5.69 Å². The molecule has 4 rings (SSSR count). The van der Waals surface area contributed by atoms with Crippen LogP contribution in [0, 0.1) is 0 Å².